The summed E-state index contributed by atoms with van der Waals surface area (Å²) in [6.07, 6.45) is 3.23. The van der Waals surface area contributed by atoms with Crippen molar-refractivity contribution in [3.05, 3.63) is 78.0 Å². The number of aryl methyl sites for hydroxylation is 1. The molecule has 0 spiro atoms. The highest BCUT2D eigenvalue weighted by Crippen LogP contribution is 2.22. The topological polar surface area (TPSA) is 55.6 Å². The standard InChI is InChI=1S/C19H16FN5/c1-13-4-2-3-5-14(13)10-21-18-17-11-24-25(19(17)23-12-22-18)16-8-6-15(20)7-9-16/h2-9,11-12H,10H2,1H3,(H,21,22,23). The summed E-state index contributed by atoms with van der Waals surface area (Å²) in [4.78, 5) is 8.67. The van der Waals surface area contributed by atoms with Crippen molar-refractivity contribution >= 4 is 16.9 Å². The fourth-order valence-electron chi connectivity index (χ4n) is 2.74. The summed E-state index contributed by atoms with van der Waals surface area (Å²) in [5.41, 5.74) is 3.86. The van der Waals surface area contributed by atoms with Crippen molar-refractivity contribution in [3.63, 3.8) is 0 Å². The van der Waals surface area contributed by atoms with Crippen LogP contribution in [-0.2, 0) is 6.54 Å². The highest BCUT2D eigenvalue weighted by molar-refractivity contribution is 5.87. The van der Waals surface area contributed by atoms with Crippen LogP contribution in [0.15, 0.2) is 61.1 Å². The van der Waals surface area contributed by atoms with Gasteiger partial charge in [-0.1, -0.05) is 24.3 Å². The second-order valence-electron chi connectivity index (χ2n) is 5.77. The predicted octanol–water partition coefficient (Wildman–Crippen LogP) is 3.88. The van der Waals surface area contributed by atoms with Crippen LogP contribution < -0.4 is 5.32 Å². The van der Waals surface area contributed by atoms with Gasteiger partial charge >= 0.3 is 0 Å². The largest absolute Gasteiger partial charge is 0.365 e. The van der Waals surface area contributed by atoms with Gasteiger partial charge in [0.05, 0.1) is 17.3 Å². The Labute approximate surface area is 144 Å². The SMILES string of the molecule is Cc1ccccc1CNc1ncnc2c1cnn2-c1ccc(F)cc1. The number of aromatic nitrogens is 4. The maximum absolute atomic E-state index is 13.1. The molecule has 4 rings (SSSR count). The summed E-state index contributed by atoms with van der Waals surface area (Å²) in [6, 6.07) is 14.4. The van der Waals surface area contributed by atoms with Crippen molar-refractivity contribution in [2.45, 2.75) is 13.5 Å². The van der Waals surface area contributed by atoms with Gasteiger partial charge in [0.2, 0.25) is 0 Å². The smallest absolute Gasteiger partial charge is 0.168 e. The van der Waals surface area contributed by atoms with Crippen LogP contribution in [0, 0.1) is 12.7 Å². The zero-order valence-corrected chi connectivity index (χ0v) is 13.6. The molecule has 5 nitrogen and oxygen atoms in total. The number of hydrogen-bond acceptors (Lipinski definition) is 4. The van der Waals surface area contributed by atoms with Crippen molar-refractivity contribution in [1.29, 1.82) is 0 Å². The van der Waals surface area contributed by atoms with E-state index in [2.05, 4.69) is 39.4 Å². The van der Waals surface area contributed by atoms with E-state index in [4.69, 9.17) is 0 Å². The molecule has 25 heavy (non-hydrogen) atoms. The van der Waals surface area contributed by atoms with Gasteiger partial charge in [0.25, 0.3) is 0 Å². The molecular weight excluding hydrogens is 317 g/mol. The average molecular weight is 333 g/mol. The number of hydrogen-bond donors (Lipinski definition) is 1. The van der Waals surface area contributed by atoms with Crippen LogP contribution in [0.2, 0.25) is 0 Å². The van der Waals surface area contributed by atoms with Gasteiger partial charge in [-0.2, -0.15) is 5.10 Å². The third kappa shape index (κ3) is 2.94. The Hall–Kier alpha value is -3.28. The Balaban J connectivity index is 1.67. The number of anilines is 1. The van der Waals surface area contributed by atoms with Gasteiger partial charge in [0.15, 0.2) is 5.65 Å². The van der Waals surface area contributed by atoms with Crippen LogP contribution in [0.3, 0.4) is 0 Å². The zero-order valence-electron chi connectivity index (χ0n) is 13.6. The average Bonchev–Trinajstić information content (AvgIpc) is 3.06. The molecule has 0 aliphatic rings. The minimum absolute atomic E-state index is 0.282. The summed E-state index contributed by atoms with van der Waals surface area (Å²) in [6.45, 7) is 2.75. The Bertz CT molecular complexity index is 1020. The second-order valence-corrected chi connectivity index (χ2v) is 5.77. The minimum atomic E-state index is -0.282. The van der Waals surface area contributed by atoms with Gasteiger partial charge < -0.3 is 5.32 Å². The molecule has 0 unspecified atom stereocenters. The van der Waals surface area contributed by atoms with Gasteiger partial charge in [-0.25, -0.2) is 19.0 Å². The molecule has 124 valence electrons. The molecule has 0 aliphatic heterocycles. The highest BCUT2D eigenvalue weighted by Gasteiger charge is 2.11. The maximum Gasteiger partial charge on any atom is 0.168 e. The first-order valence-corrected chi connectivity index (χ1v) is 7.95. The van der Waals surface area contributed by atoms with Gasteiger partial charge in [-0.05, 0) is 42.3 Å². The lowest BCUT2D eigenvalue weighted by molar-refractivity contribution is 0.627. The van der Waals surface area contributed by atoms with Gasteiger partial charge in [-0.15, -0.1) is 0 Å². The number of nitrogens with one attached hydrogen (secondary N) is 1. The summed E-state index contributed by atoms with van der Waals surface area (Å²) in [5.74, 6) is 0.442. The predicted molar refractivity (Wildman–Crippen MR) is 95.1 cm³/mol. The highest BCUT2D eigenvalue weighted by atomic mass is 19.1. The quantitative estimate of drug-likeness (QED) is 0.616. The number of fused-ring (bicyclic) bond motifs is 1. The van der Waals surface area contributed by atoms with Crippen molar-refractivity contribution in [1.82, 2.24) is 19.7 Å². The summed E-state index contributed by atoms with van der Waals surface area (Å²) < 4.78 is 14.8. The lowest BCUT2D eigenvalue weighted by Crippen LogP contribution is -2.04. The number of benzene rings is 2. The summed E-state index contributed by atoms with van der Waals surface area (Å²) in [7, 11) is 0. The van der Waals surface area contributed by atoms with Crippen LogP contribution in [0.25, 0.3) is 16.7 Å². The van der Waals surface area contributed by atoms with E-state index in [0.717, 1.165) is 16.9 Å². The Morgan fingerprint density at radius 3 is 2.64 bits per heavy atom. The summed E-state index contributed by atoms with van der Waals surface area (Å²) in [5, 5.41) is 8.55. The molecule has 0 saturated carbocycles. The first-order valence-electron chi connectivity index (χ1n) is 7.95. The van der Waals surface area contributed by atoms with Crippen molar-refractivity contribution in [2.24, 2.45) is 0 Å². The lowest BCUT2D eigenvalue weighted by atomic mass is 10.1. The van der Waals surface area contributed by atoms with Crippen LogP contribution in [0.5, 0.6) is 0 Å². The zero-order chi connectivity index (χ0) is 17.2. The van der Waals surface area contributed by atoms with Crippen LogP contribution in [0.1, 0.15) is 11.1 Å². The van der Waals surface area contributed by atoms with Crippen molar-refractivity contribution in [3.8, 4) is 5.69 Å². The van der Waals surface area contributed by atoms with Crippen LogP contribution in [0.4, 0.5) is 10.2 Å². The third-order valence-corrected chi connectivity index (χ3v) is 4.14. The molecule has 0 amide bonds. The maximum atomic E-state index is 13.1. The van der Waals surface area contributed by atoms with Gasteiger partial charge in [0.1, 0.15) is 18.0 Å². The van der Waals surface area contributed by atoms with Crippen molar-refractivity contribution in [2.75, 3.05) is 5.32 Å². The van der Waals surface area contributed by atoms with E-state index in [-0.39, 0.29) is 5.82 Å². The molecule has 2 heterocycles. The molecule has 0 bridgehead atoms. The molecule has 6 heteroatoms. The first kappa shape index (κ1) is 15.3. The Morgan fingerprint density at radius 1 is 1.04 bits per heavy atom. The molecule has 0 fully saturated rings. The molecule has 2 aromatic carbocycles. The normalized spacial score (nSPS) is 11.0. The molecule has 2 aromatic heterocycles. The molecule has 4 aromatic rings. The lowest BCUT2D eigenvalue weighted by Gasteiger charge is -2.09. The van der Waals surface area contributed by atoms with E-state index in [1.165, 1.54) is 29.6 Å². The summed E-state index contributed by atoms with van der Waals surface area (Å²) >= 11 is 0. The van der Waals surface area contributed by atoms with E-state index >= 15 is 0 Å². The van der Waals surface area contributed by atoms with E-state index in [1.54, 1.807) is 23.0 Å². The van der Waals surface area contributed by atoms with Crippen LogP contribution >= 0.6 is 0 Å². The van der Waals surface area contributed by atoms with Gasteiger partial charge in [-0.3, -0.25) is 0 Å². The molecule has 0 saturated heterocycles. The fourth-order valence-corrected chi connectivity index (χ4v) is 2.74. The monoisotopic (exact) mass is 333 g/mol. The van der Waals surface area contributed by atoms with Crippen molar-refractivity contribution < 1.29 is 4.39 Å². The molecule has 0 aliphatic carbocycles. The molecule has 1 N–H and O–H groups in total. The molecular formula is C19H16FN5. The Morgan fingerprint density at radius 2 is 1.84 bits per heavy atom. The fraction of sp³-hybridized carbons (Fsp3) is 0.105. The Kier molecular flexibility index (Phi) is 3.85. The van der Waals surface area contributed by atoms with Gasteiger partial charge in [0, 0.05) is 6.54 Å². The van der Waals surface area contributed by atoms with E-state index in [0.29, 0.717) is 12.2 Å². The number of nitrogens with zero attached hydrogens (tertiary/aromatic N) is 4. The third-order valence-electron chi connectivity index (χ3n) is 4.14. The first-order chi connectivity index (χ1) is 12.2. The van der Waals surface area contributed by atoms with Crippen LogP contribution in [-0.4, -0.2) is 19.7 Å². The van der Waals surface area contributed by atoms with E-state index in [9.17, 15) is 4.39 Å². The number of rotatable bonds is 4. The molecule has 0 atom stereocenters. The minimum Gasteiger partial charge on any atom is -0.365 e. The molecule has 0 radical (unpaired) electrons. The second kappa shape index (κ2) is 6.32. The van der Waals surface area contributed by atoms with E-state index < -0.39 is 0 Å². The van der Waals surface area contributed by atoms with E-state index in [1.807, 2.05) is 12.1 Å². The number of halogens is 1.